The molecule has 20 heavy (non-hydrogen) atoms. The third kappa shape index (κ3) is 3.05. The minimum absolute atomic E-state index is 0.279. The molecule has 5 heteroatoms. The number of nitrogens with one attached hydrogen (secondary N) is 1. The molecule has 0 saturated carbocycles. The summed E-state index contributed by atoms with van der Waals surface area (Å²) in [5, 5.41) is 3.34. The van der Waals surface area contributed by atoms with Crippen molar-refractivity contribution in [2.45, 2.75) is 44.6 Å². The molecule has 2 rings (SSSR count). The molecule has 1 aliphatic heterocycles. The van der Waals surface area contributed by atoms with Gasteiger partial charge < -0.3 is 5.32 Å². The van der Waals surface area contributed by atoms with Crippen molar-refractivity contribution in [3.05, 3.63) is 28.8 Å². The van der Waals surface area contributed by atoms with Gasteiger partial charge in [0.15, 0.2) is 0 Å². The molecule has 1 fully saturated rings. The molecule has 0 bridgehead atoms. The van der Waals surface area contributed by atoms with Crippen LogP contribution in [0.4, 0.5) is 0 Å². The molecule has 4 nitrogen and oxygen atoms in total. The van der Waals surface area contributed by atoms with Crippen LogP contribution in [0.25, 0.3) is 0 Å². The van der Waals surface area contributed by atoms with Crippen LogP contribution in [0.1, 0.15) is 29.5 Å². The van der Waals surface area contributed by atoms with Crippen molar-refractivity contribution in [3.63, 3.8) is 0 Å². The molecule has 0 amide bonds. The number of sulfonamides is 1. The average molecular weight is 296 g/mol. The summed E-state index contributed by atoms with van der Waals surface area (Å²) in [6.45, 7) is 7.25. The summed E-state index contributed by atoms with van der Waals surface area (Å²) in [6, 6.07) is 4.14. The highest BCUT2D eigenvalue weighted by Crippen LogP contribution is 2.25. The van der Waals surface area contributed by atoms with E-state index in [9.17, 15) is 8.42 Å². The average Bonchev–Trinajstić information content (AvgIpc) is 2.79. The molecule has 0 radical (unpaired) electrons. The Morgan fingerprint density at radius 2 is 1.85 bits per heavy atom. The van der Waals surface area contributed by atoms with E-state index in [2.05, 4.69) is 5.32 Å². The van der Waals surface area contributed by atoms with Crippen LogP contribution in [-0.2, 0) is 10.0 Å². The summed E-state index contributed by atoms with van der Waals surface area (Å²) in [4.78, 5) is 0.462. The molecule has 1 saturated heterocycles. The number of aryl methyl sites for hydroxylation is 3. The summed E-state index contributed by atoms with van der Waals surface area (Å²) in [5.74, 6) is 0. The fourth-order valence-electron chi connectivity index (χ4n) is 3.05. The lowest BCUT2D eigenvalue weighted by molar-refractivity contribution is 0.417. The van der Waals surface area contributed by atoms with Gasteiger partial charge in [-0.15, -0.1) is 0 Å². The second kappa shape index (κ2) is 5.84. The first-order valence-corrected chi connectivity index (χ1v) is 8.54. The van der Waals surface area contributed by atoms with Crippen LogP contribution in [0.3, 0.4) is 0 Å². The molecule has 0 aliphatic carbocycles. The van der Waals surface area contributed by atoms with Crippen LogP contribution in [0.15, 0.2) is 17.0 Å². The van der Waals surface area contributed by atoms with Crippen molar-refractivity contribution in [2.24, 2.45) is 0 Å². The summed E-state index contributed by atoms with van der Waals surface area (Å²) in [6.07, 6.45) is 2.17. The van der Waals surface area contributed by atoms with E-state index in [-0.39, 0.29) is 6.04 Å². The van der Waals surface area contributed by atoms with Gasteiger partial charge in [0.05, 0.1) is 4.90 Å². The zero-order chi connectivity index (χ0) is 14.9. The maximum atomic E-state index is 12.8. The number of nitrogens with zero attached hydrogens (tertiary/aromatic N) is 1. The van der Waals surface area contributed by atoms with Crippen molar-refractivity contribution in [1.29, 1.82) is 0 Å². The predicted octanol–water partition coefficient (Wildman–Crippen LogP) is 1.98. The maximum absolute atomic E-state index is 12.8. The molecule has 1 N–H and O–H groups in total. The zero-order valence-electron chi connectivity index (χ0n) is 12.7. The molecule has 112 valence electrons. The van der Waals surface area contributed by atoms with Crippen molar-refractivity contribution in [3.8, 4) is 0 Å². The number of rotatable bonds is 4. The lowest BCUT2D eigenvalue weighted by Crippen LogP contribution is -2.39. The maximum Gasteiger partial charge on any atom is 0.243 e. The van der Waals surface area contributed by atoms with Gasteiger partial charge >= 0.3 is 0 Å². The molecule has 1 aromatic rings. The van der Waals surface area contributed by atoms with Crippen LogP contribution in [-0.4, -0.2) is 38.9 Å². The number of hydrogen-bond acceptors (Lipinski definition) is 3. The molecule has 1 heterocycles. The lowest BCUT2D eigenvalue weighted by atomic mass is 10.1. The molecular weight excluding hydrogens is 272 g/mol. The van der Waals surface area contributed by atoms with Gasteiger partial charge in [0.1, 0.15) is 0 Å². The van der Waals surface area contributed by atoms with Gasteiger partial charge in [-0.05, 0) is 51.3 Å². The van der Waals surface area contributed by atoms with Crippen LogP contribution >= 0.6 is 0 Å². The quantitative estimate of drug-likeness (QED) is 0.924. The van der Waals surface area contributed by atoms with Gasteiger partial charge in [-0.2, -0.15) is 4.31 Å². The van der Waals surface area contributed by atoms with E-state index in [1.54, 1.807) is 7.05 Å². The van der Waals surface area contributed by atoms with Gasteiger partial charge in [-0.1, -0.05) is 17.7 Å². The summed E-state index contributed by atoms with van der Waals surface area (Å²) < 4.78 is 27.0. The third-order valence-corrected chi connectivity index (χ3v) is 6.04. The predicted molar refractivity (Wildman–Crippen MR) is 81.5 cm³/mol. The van der Waals surface area contributed by atoms with E-state index in [0.29, 0.717) is 11.4 Å². The Bertz CT molecular complexity index is 567. The highest BCUT2D eigenvalue weighted by molar-refractivity contribution is 7.89. The van der Waals surface area contributed by atoms with Crippen LogP contribution in [0.2, 0.25) is 0 Å². The summed E-state index contributed by atoms with van der Waals surface area (Å²) in [7, 11) is -1.74. The van der Waals surface area contributed by atoms with E-state index in [1.165, 1.54) is 4.31 Å². The fourth-order valence-corrected chi connectivity index (χ4v) is 4.67. The molecule has 0 aromatic heterocycles. The molecule has 1 unspecified atom stereocenters. The van der Waals surface area contributed by atoms with Crippen molar-refractivity contribution < 1.29 is 8.42 Å². The Hall–Kier alpha value is -0.910. The van der Waals surface area contributed by atoms with E-state index < -0.39 is 10.0 Å². The second-order valence-corrected chi connectivity index (χ2v) is 7.79. The Morgan fingerprint density at radius 3 is 2.35 bits per heavy atom. The van der Waals surface area contributed by atoms with E-state index >= 15 is 0 Å². The van der Waals surface area contributed by atoms with Crippen molar-refractivity contribution in [2.75, 3.05) is 20.1 Å². The first-order valence-electron chi connectivity index (χ1n) is 7.10. The lowest BCUT2D eigenvalue weighted by Gasteiger charge is -2.23. The number of hydrogen-bond donors (Lipinski definition) is 1. The van der Waals surface area contributed by atoms with Gasteiger partial charge in [0, 0.05) is 19.6 Å². The normalized spacial score (nSPS) is 19.8. The molecule has 1 aliphatic rings. The Kier molecular flexibility index (Phi) is 4.52. The number of likely N-dealkylation sites (N-methyl/N-ethyl adjacent to an activating group) is 1. The van der Waals surface area contributed by atoms with Gasteiger partial charge in [0.2, 0.25) is 10.0 Å². The van der Waals surface area contributed by atoms with E-state index in [4.69, 9.17) is 0 Å². The van der Waals surface area contributed by atoms with Crippen LogP contribution in [0.5, 0.6) is 0 Å². The Labute approximate surface area is 122 Å². The van der Waals surface area contributed by atoms with Gasteiger partial charge in [0.25, 0.3) is 0 Å². The van der Waals surface area contributed by atoms with E-state index in [0.717, 1.165) is 36.1 Å². The van der Waals surface area contributed by atoms with Gasteiger partial charge in [-0.25, -0.2) is 8.42 Å². The monoisotopic (exact) mass is 296 g/mol. The zero-order valence-corrected chi connectivity index (χ0v) is 13.5. The van der Waals surface area contributed by atoms with Gasteiger partial charge in [-0.3, -0.25) is 0 Å². The topological polar surface area (TPSA) is 49.4 Å². The Morgan fingerprint density at radius 1 is 1.25 bits per heavy atom. The number of benzene rings is 1. The minimum atomic E-state index is -3.41. The first kappa shape index (κ1) is 15.5. The van der Waals surface area contributed by atoms with Crippen molar-refractivity contribution >= 4 is 10.0 Å². The first-order chi connectivity index (χ1) is 9.32. The third-order valence-electron chi connectivity index (χ3n) is 3.91. The molecule has 1 aromatic carbocycles. The second-order valence-electron chi connectivity index (χ2n) is 5.81. The van der Waals surface area contributed by atoms with Crippen molar-refractivity contribution in [1.82, 2.24) is 9.62 Å². The SMILES string of the molecule is Cc1cc(C)c(S(=O)(=O)N(C)CC2CCCN2)c(C)c1. The minimum Gasteiger partial charge on any atom is -0.313 e. The summed E-state index contributed by atoms with van der Waals surface area (Å²) in [5.41, 5.74) is 2.75. The molecular formula is C15H24N2O2S. The largest absolute Gasteiger partial charge is 0.313 e. The molecule has 1 atom stereocenters. The van der Waals surface area contributed by atoms with E-state index in [1.807, 2.05) is 32.9 Å². The Balaban J connectivity index is 2.29. The van der Waals surface area contributed by atoms with Crippen LogP contribution < -0.4 is 5.32 Å². The molecule has 0 spiro atoms. The highest BCUT2D eigenvalue weighted by atomic mass is 32.2. The highest BCUT2D eigenvalue weighted by Gasteiger charge is 2.27. The van der Waals surface area contributed by atoms with Crippen LogP contribution in [0, 0.1) is 20.8 Å². The fraction of sp³-hybridized carbons (Fsp3) is 0.600. The smallest absolute Gasteiger partial charge is 0.243 e. The summed E-state index contributed by atoms with van der Waals surface area (Å²) >= 11 is 0. The standard InChI is InChI=1S/C15H24N2O2S/c1-11-8-12(2)15(13(3)9-11)20(18,19)17(4)10-14-6-5-7-16-14/h8-9,14,16H,5-7,10H2,1-4H3.